The molecule has 1 aliphatic heterocycles. The number of amides is 1. The Morgan fingerprint density at radius 3 is 1.86 bits per heavy atom. The van der Waals surface area contributed by atoms with Crippen molar-refractivity contribution < 1.29 is 4.79 Å². The summed E-state index contributed by atoms with van der Waals surface area (Å²) in [5.41, 5.74) is 4.33. The minimum absolute atomic E-state index is 0.105. The van der Waals surface area contributed by atoms with E-state index in [0.29, 0.717) is 22.9 Å². The Morgan fingerprint density at radius 2 is 1.23 bits per heavy atom. The van der Waals surface area contributed by atoms with Crippen LogP contribution in [0.4, 0.5) is 0 Å². The lowest BCUT2D eigenvalue weighted by atomic mass is 9.99. The Morgan fingerprint density at radius 1 is 0.698 bits per heavy atom. The Kier molecular flexibility index (Phi) is 8.77. The van der Waals surface area contributed by atoms with Crippen LogP contribution in [0.5, 0.6) is 0 Å². The minimum Gasteiger partial charge on any atom is -0.345 e. The first-order valence-electron chi connectivity index (χ1n) is 15.2. The highest BCUT2D eigenvalue weighted by Crippen LogP contribution is 2.26. The van der Waals surface area contributed by atoms with Crippen LogP contribution in [-0.4, -0.2) is 46.5 Å². The SMILES string of the molecule is CC[C@H](NC(=O)c1c(CN2CCN(Cc3ccccc3)CC2)n(-c2ccccc2)c(=O)c2ccccc12)c1ccccc1. The third-order valence-corrected chi connectivity index (χ3v) is 8.43. The van der Waals surface area contributed by atoms with Gasteiger partial charge in [-0.15, -0.1) is 0 Å². The monoisotopic (exact) mass is 570 g/mol. The van der Waals surface area contributed by atoms with Gasteiger partial charge >= 0.3 is 0 Å². The fraction of sp³-hybridized carbons (Fsp3) is 0.243. The molecule has 1 fully saturated rings. The lowest BCUT2D eigenvalue weighted by molar-refractivity contribution is 0.0930. The van der Waals surface area contributed by atoms with Crippen molar-refractivity contribution in [3.63, 3.8) is 0 Å². The maximum absolute atomic E-state index is 14.4. The Balaban J connectivity index is 1.39. The summed E-state index contributed by atoms with van der Waals surface area (Å²) in [6.45, 7) is 7.05. The predicted octanol–water partition coefficient (Wildman–Crippen LogP) is 6.19. The molecule has 2 heterocycles. The van der Waals surface area contributed by atoms with E-state index in [1.807, 2.05) is 91.0 Å². The summed E-state index contributed by atoms with van der Waals surface area (Å²) < 4.78 is 1.76. The first-order valence-corrected chi connectivity index (χ1v) is 15.2. The molecule has 6 rings (SSSR count). The fourth-order valence-electron chi connectivity index (χ4n) is 6.15. The fourth-order valence-corrected chi connectivity index (χ4v) is 6.15. The highest BCUT2D eigenvalue weighted by atomic mass is 16.2. The number of para-hydroxylation sites is 1. The molecule has 1 N–H and O–H groups in total. The van der Waals surface area contributed by atoms with Gasteiger partial charge in [0.2, 0.25) is 0 Å². The third-order valence-electron chi connectivity index (χ3n) is 8.43. The van der Waals surface area contributed by atoms with Crippen molar-refractivity contribution in [3.05, 3.63) is 148 Å². The van der Waals surface area contributed by atoms with Crippen LogP contribution in [0, 0.1) is 0 Å². The molecule has 1 aliphatic rings. The number of pyridine rings is 1. The number of rotatable bonds is 9. The largest absolute Gasteiger partial charge is 0.345 e. The molecule has 1 amide bonds. The van der Waals surface area contributed by atoms with Crippen LogP contribution in [0.3, 0.4) is 0 Å². The van der Waals surface area contributed by atoms with Gasteiger partial charge in [0, 0.05) is 55.7 Å². The predicted molar refractivity (Wildman–Crippen MR) is 173 cm³/mol. The van der Waals surface area contributed by atoms with Crippen LogP contribution in [0.15, 0.2) is 120 Å². The van der Waals surface area contributed by atoms with Gasteiger partial charge in [-0.1, -0.05) is 104 Å². The summed E-state index contributed by atoms with van der Waals surface area (Å²) in [6, 6.07) is 37.7. The molecule has 218 valence electrons. The molecule has 5 aromatic rings. The van der Waals surface area contributed by atoms with Crippen LogP contribution in [0.2, 0.25) is 0 Å². The van der Waals surface area contributed by atoms with E-state index in [-0.39, 0.29) is 17.5 Å². The first kappa shape index (κ1) is 28.6. The number of fused-ring (bicyclic) bond motifs is 1. The van der Waals surface area contributed by atoms with E-state index in [0.717, 1.165) is 56.1 Å². The maximum Gasteiger partial charge on any atom is 0.263 e. The Labute approximate surface area is 253 Å². The minimum atomic E-state index is -0.158. The van der Waals surface area contributed by atoms with Crippen LogP contribution < -0.4 is 10.9 Å². The number of aromatic nitrogens is 1. The van der Waals surface area contributed by atoms with Gasteiger partial charge in [0.1, 0.15) is 0 Å². The van der Waals surface area contributed by atoms with Crippen molar-refractivity contribution in [2.75, 3.05) is 26.2 Å². The summed E-state index contributed by atoms with van der Waals surface area (Å²) in [6.07, 6.45) is 0.755. The summed E-state index contributed by atoms with van der Waals surface area (Å²) >= 11 is 0. The van der Waals surface area contributed by atoms with E-state index in [1.165, 1.54) is 5.56 Å². The van der Waals surface area contributed by atoms with Crippen molar-refractivity contribution in [3.8, 4) is 5.69 Å². The molecule has 0 spiro atoms. The van der Waals surface area contributed by atoms with Crippen LogP contribution in [0.25, 0.3) is 16.5 Å². The van der Waals surface area contributed by atoms with Gasteiger partial charge in [0.05, 0.1) is 17.3 Å². The standard InChI is InChI=1S/C37H38N4O2/c1-2-33(29-16-8-4-9-17-29)38-36(42)35-31-20-12-13-21-32(31)37(43)41(30-18-10-5-11-19-30)34(35)27-40-24-22-39(23-25-40)26-28-14-6-3-7-15-28/h3-21,33H,2,22-27H2,1H3,(H,38,42)/t33-/m0/s1. The smallest absolute Gasteiger partial charge is 0.263 e. The molecule has 43 heavy (non-hydrogen) atoms. The van der Waals surface area contributed by atoms with Gasteiger partial charge in [0.15, 0.2) is 0 Å². The van der Waals surface area contributed by atoms with Gasteiger partial charge < -0.3 is 5.32 Å². The van der Waals surface area contributed by atoms with Crippen molar-refractivity contribution in [2.24, 2.45) is 0 Å². The van der Waals surface area contributed by atoms with Gasteiger partial charge in [-0.3, -0.25) is 24.0 Å². The number of nitrogens with one attached hydrogen (secondary N) is 1. The quantitative estimate of drug-likeness (QED) is 0.230. The number of hydrogen-bond acceptors (Lipinski definition) is 4. The van der Waals surface area contributed by atoms with Crippen LogP contribution >= 0.6 is 0 Å². The first-order chi connectivity index (χ1) is 21.1. The lowest BCUT2D eigenvalue weighted by Gasteiger charge is -2.35. The van der Waals surface area contributed by atoms with E-state index in [1.54, 1.807) is 4.57 Å². The normalized spacial score (nSPS) is 14.9. The molecule has 1 atom stereocenters. The van der Waals surface area contributed by atoms with E-state index >= 15 is 0 Å². The molecule has 1 aromatic heterocycles. The highest BCUT2D eigenvalue weighted by molar-refractivity contribution is 6.08. The molecule has 0 bridgehead atoms. The van der Waals surface area contributed by atoms with Gasteiger partial charge in [0.25, 0.3) is 11.5 Å². The van der Waals surface area contributed by atoms with E-state index < -0.39 is 0 Å². The Hall–Kier alpha value is -4.52. The maximum atomic E-state index is 14.4. The summed E-state index contributed by atoms with van der Waals surface area (Å²) in [4.78, 5) is 33.3. The topological polar surface area (TPSA) is 57.6 Å². The molecule has 6 heteroatoms. The zero-order valence-corrected chi connectivity index (χ0v) is 24.7. The zero-order chi connectivity index (χ0) is 29.6. The van der Waals surface area contributed by atoms with E-state index in [4.69, 9.17) is 0 Å². The van der Waals surface area contributed by atoms with Gasteiger partial charge in [-0.05, 0) is 35.7 Å². The van der Waals surface area contributed by atoms with Crippen molar-refractivity contribution in [2.45, 2.75) is 32.5 Å². The second kappa shape index (κ2) is 13.2. The van der Waals surface area contributed by atoms with Crippen LogP contribution in [-0.2, 0) is 13.1 Å². The van der Waals surface area contributed by atoms with Crippen LogP contribution in [0.1, 0.15) is 46.6 Å². The average Bonchev–Trinajstić information content (AvgIpc) is 3.06. The number of nitrogens with zero attached hydrogens (tertiary/aromatic N) is 3. The molecule has 0 radical (unpaired) electrons. The molecular weight excluding hydrogens is 532 g/mol. The Bertz CT molecular complexity index is 1730. The van der Waals surface area contributed by atoms with Crippen molar-refractivity contribution >= 4 is 16.7 Å². The summed E-state index contributed by atoms with van der Waals surface area (Å²) in [5, 5.41) is 4.56. The lowest BCUT2D eigenvalue weighted by Crippen LogP contribution is -2.46. The van der Waals surface area contributed by atoms with Gasteiger partial charge in [-0.2, -0.15) is 0 Å². The summed E-state index contributed by atoms with van der Waals surface area (Å²) in [5.74, 6) is -0.158. The molecule has 0 saturated carbocycles. The number of carbonyl (C=O) groups excluding carboxylic acids is 1. The zero-order valence-electron chi connectivity index (χ0n) is 24.7. The molecule has 1 saturated heterocycles. The summed E-state index contributed by atoms with van der Waals surface area (Å²) in [7, 11) is 0. The third kappa shape index (κ3) is 6.31. The number of carbonyl (C=O) groups is 1. The number of piperazine rings is 1. The second-order valence-electron chi connectivity index (χ2n) is 11.2. The van der Waals surface area contributed by atoms with E-state index in [2.05, 4.69) is 46.3 Å². The molecule has 4 aromatic carbocycles. The van der Waals surface area contributed by atoms with Crippen molar-refractivity contribution in [1.82, 2.24) is 19.7 Å². The molecule has 0 aliphatic carbocycles. The van der Waals surface area contributed by atoms with Gasteiger partial charge in [-0.25, -0.2) is 0 Å². The average molecular weight is 571 g/mol. The molecular formula is C37H38N4O2. The second-order valence-corrected chi connectivity index (χ2v) is 11.2. The highest BCUT2D eigenvalue weighted by Gasteiger charge is 2.27. The molecule has 0 unspecified atom stereocenters. The number of hydrogen-bond donors (Lipinski definition) is 1. The van der Waals surface area contributed by atoms with E-state index in [9.17, 15) is 9.59 Å². The van der Waals surface area contributed by atoms with Crippen molar-refractivity contribution in [1.29, 1.82) is 0 Å². The molecule has 6 nitrogen and oxygen atoms in total. The number of benzene rings is 4.